The normalized spacial score (nSPS) is 16.9. The molecule has 1 unspecified atom stereocenters. The molecule has 0 radical (unpaired) electrons. The standard InChI is InChI=1S/C9H15NO2/c1-3-6-9(2,10)7-4-5-8(11)12/h3-6H,7,10H2,1-2H3,(H,11,12). The maximum atomic E-state index is 10.1. The minimum atomic E-state index is -0.939. The molecular weight excluding hydrogens is 154 g/mol. The molecule has 0 rings (SSSR count). The van der Waals surface area contributed by atoms with E-state index < -0.39 is 11.5 Å². The number of carboxylic acid groups (broad SMARTS) is 1. The molecule has 0 aliphatic carbocycles. The summed E-state index contributed by atoms with van der Waals surface area (Å²) in [6.07, 6.45) is 6.90. The van der Waals surface area contributed by atoms with Gasteiger partial charge in [-0.3, -0.25) is 0 Å². The number of allylic oxidation sites excluding steroid dienone is 1. The average molecular weight is 169 g/mol. The second kappa shape index (κ2) is 4.72. The van der Waals surface area contributed by atoms with Gasteiger partial charge in [0.15, 0.2) is 0 Å². The maximum absolute atomic E-state index is 10.1. The van der Waals surface area contributed by atoms with E-state index in [0.717, 1.165) is 6.08 Å². The van der Waals surface area contributed by atoms with Crippen LogP contribution in [0.4, 0.5) is 0 Å². The van der Waals surface area contributed by atoms with E-state index in [1.165, 1.54) is 0 Å². The number of rotatable bonds is 4. The van der Waals surface area contributed by atoms with Crippen molar-refractivity contribution in [2.75, 3.05) is 0 Å². The Balaban J connectivity index is 3.99. The molecule has 0 heterocycles. The van der Waals surface area contributed by atoms with Gasteiger partial charge in [0.1, 0.15) is 0 Å². The molecule has 1 atom stereocenters. The molecule has 0 saturated heterocycles. The van der Waals surface area contributed by atoms with Crippen molar-refractivity contribution in [3.8, 4) is 0 Å². The van der Waals surface area contributed by atoms with Crippen LogP contribution in [0.3, 0.4) is 0 Å². The summed E-state index contributed by atoms with van der Waals surface area (Å²) >= 11 is 0. The van der Waals surface area contributed by atoms with Crippen LogP contribution in [0.15, 0.2) is 24.3 Å². The number of carboxylic acids is 1. The molecule has 0 aromatic carbocycles. The van der Waals surface area contributed by atoms with Crippen molar-refractivity contribution in [2.45, 2.75) is 25.8 Å². The fourth-order valence-corrected chi connectivity index (χ4v) is 0.862. The minimum absolute atomic E-state index is 0.444. The molecule has 0 amide bonds. The Bertz CT molecular complexity index is 205. The predicted octanol–water partition coefficient (Wildman–Crippen LogP) is 1.31. The van der Waals surface area contributed by atoms with E-state index in [-0.39, 0.29) is 0 Å². The maximum Gasteiger partial charge on any atom is 0.327 e. The van der Waals surface area contributed by atoms with Crippen molar-refractivity contribution in [3.63, 3.8) is 0 Å². The van der Waals surface area contributed by atoms with Gasteiger partial charge in [-0.25, -0.2) is 4.79 Å². The lowest BCUT2D eigenvalue weighted by atomic mass is 9.99. The Morgan fingerprint density at radius 3 is 2.67 bits per heavy atom. The minimum Gasteiger partial charge on any atom is -0.478 e. The molecule has 0 aliphatic rings. The van der Waals surface area contributed by atoms with E-state index in [4.69, 9.17) is 10.8 Å². The molecule has 0 aromatic rings. The Kier molecular flexibility index (Phi) is 4.29. The molecule has 3 N–H and O–H groups in total. The second-order valence-corrected chi connectivity index (χ2v) is 2.95. The summed E-state index contributed by atoms with van der Waals surface area (Å²) in [5, 5.41) is 8.29. The monoisotopic (exact) mass is 169 g/mol. The van der Waals surface area contributed by atoms with Gasteiger partial charge in [-0.15, -0.1) is 0 Å². The number of nitrogens with two attached hydrogens (primary N) is 1. The zero-order valence-electron chi connectivity index (χ0n) is 7.45. The van der Waals surface area contributed by atoms with Crippen LogP contribution in [0.1, 0.15) is 20.3 Å². The fraction of sp³-hybridized carbons (Fsp3) is 0.444. The van der Waals surface area contributed by atoms with Crippen molar-refractivity contribution in [1.29, 1.82) is 0 Å². The highest BCUT2D eigenvalue weighted by atomic mass is 16.4. The summed E-state index contributed by atoms with van der Waals surface area (Å²) < 4.78 is 0. The zero-order chi connectivity index (χ0) is 9.61. The van der Waals surface area contributed by atoms with Gasteiger partial charge in [0, 0.05) is 11.6 Å². The first-order chi connectivity index (χ1) is 5.48. The predicted molar refractivity (Wildman–Crippen MR) is 48.8 cm³/mol. The number of aliphatic carboxylic acids is 1. The van der Waals surface area contributed by atoms with Crippen molar-refractivity contribution in [2.24, 2.45) is 5.73 Å². The number of carbonyl (C=O) groups is 1. The fourth-order valence-electron chi connectivity index (χ4n) is 0.862. The first-order valence-corrected chi connectivity index (χ1v) is 3.80. The van der Waals surface area contributed by atoms with Crippen LogP contribution in [0.2, 0.25) is 0 Å². The zero-order valence-corrected chi connectivity index (χ0v) is 7.45. The van der Waals surface area contributed by atoms with E-state index in [0.29, 0.717) is 6.42 Å². The smallest absolute Gasteiger partial charge is 0.327 e. The van der Waals surface area contributed by atoms with Crippen LogP contribution < -0.4 is 5.73 Å². The van der Waals surface area contributed by atoms with Gasteiger partial charge in [-0.1, -0.05) is 18.2 Å². The van der Waals surface area contributed by atoms with Crippen LogP contribution in [-0.2, 0) is 4.79 Å². The Morgan fingerprint density at radius 2 is 2.25 bits per heavy atom. The molecule has 0 aromatic heterocycles. The topological polar surface area (TPSA) is 63.3 Å². The van der Waals surface area contributed by atoms with Gasteiger partial charge in [0.05, 0.1) is 0 Å². The lowest BCUT2D eigenvalue weighted by Gasteiger charge is -2.17. The summed E-state index contributed by atoms with van der Waals surface area (Å²) in [6, 6.07) is 0. The van der Waals surface area contributed by atoms with Gasteiger partial charge >= 0.3 is 5.97 Å². The van der Waals surface area contributed by atoms with Crippen LogP contribution in [0.25, 0.3) is 0 Å². The van der Waals surface area contributed by atoms with E-state index in [9.17, 15) is 4.79 Å². The van der Waals surface area contributed by atoms with Crippen molar-refractivity contribution < 1.29 is 9.90 Å². The summed E-state index contributed by atoms with van der Waals surface area (Å²) in [7, 11) is 0. The van der Waals surface area contributed by atoms with E-state index in [1.807, 2.05) is 26.0 Å². The molecule has 3 heteroatoms. The Morgan fingerprint density at radius 1 is 1.67 bits per heavy atom. The number of hydrogen-bond donors (Lipinski definition) is 2. The Labute approximate surface area is 72.6 Å². The lowest BCUT2D eigenvalue weighted by Crippen LogP contribution is -2.32. The van der Waals surface area contributed by atoms with Gasteiger partial charge in [-0.05, 0) is 20.3 Å². The first-order valence-electron chi connectivity index (χ1n) is 3.80. The van der Waals surface area contributed by atoms with Crippen LogP contribution in [0, 0.1) is 0 Å². The third kappa shape index (κ3) is 5.68. The molecule has 12 heavy (non-hydrogen) atoms. The molecule has 0 bridgehead atoms. The summed E-state index contributed by atoms with van der Waals surface area (Å²) in [5.41, 5.74) is 5.34. The SMILES string of the molecule is CC=CC(C)(N)CC=CC(=O)O. The van der Waals surface area contributed by atoms with Crippen LogP contribution >= 0.6 is 0 Å². The lowest BCUT2D eigenvalue weighted by molar-refractivity contribution is -0.131. The molecule has 0 saturated carbocycles. The largest absolute Gasteiger partial charge is 0.478 e. The molecular formula is C9H15NO2. The third-order valence-corrected chi connectivity index (χ3v) is 1.37. The molecule has 0 spiro atoms. The number of hydrogen-bond acceptors (Lipinski definition) is 2. The van der Waals surface area contributed by atoms with Crippen LogP contribution in [0.5, 0.6) is 0 Å². The first kappa shape index (κ1) is 10.9. The van der Waals surface area contributed by atoms with Crippen molar-refractivity contribution in [3.05, 3.63) is 24.3 Å². The summed E-state index contributed by atoms with van der Waals surface area (Å²) in [4.78, 5) is 10.1. The molecule has 68 valence electrons. The van der Waals surface area contributed by atoms with E-state index >= 15 is 0 Å². The van der Waals surface area contributed by atoms with Crippen LogP contribution in [-0.4, -0.2) is 16.6 Å². The van der Waals surface area contributed by atoms with Gasteiger partial charge in [-0.2, -0.15) is 0 Å². The summed E-state index contributed by atoms with van der Waals surface area (Å²) in [5.74, 6) is -0.939. The Hall–Kier alpha value is -1.09. The van der Waals surface area contributed by atoms with Gasteiger partial charge in [0.2, 0.25) is 0 Å². The van der Waals surface area contributed by atoms with E-state index in [1.54, 1.807) is 6.08 Å². The highest BCUT2D eigenvalue weighted by Gasteiger charge is 2.10. The highest BCUT2D eigenvalue weighted by molar-refractivity contribution is 5.79. The van der Waals surface area contributed by atoms with Crippen molar-refractivity contribution in [1.82, 2.24) is 0 Å². The van der Waals surface area contributed by atoms with Gasteiger partial charge in [0.25, 0.3) is 0 Å². The molecule has 0 fully saturated rings. The third-order valence-electron chi connectivity index (χ3n) is 1.37. The van der Waals surface area contributed by atoms with Crippen molar-refractivity contribution >= 4 is 5.97 Å². The average Bonchev–Trinajstić information content (AvgIpc) is 1.85. The van der Waals surface area contributed by atoms with E-state index in [2.05, 4.69) is 0 Å². The molecule has 0 aliphatic heterocycles. The quantitative estimate of drug-likeness (QED) is 0.492. The van der Waals surface area contributed by atoms with Gasteiger partial charge < -0.3 is 10.8 Å². The highest BCUT2D eigenvalue weighted by Crippen LogP contribution is 2.07. The second-order valence-electron chi connectivity index (χ2n) is 2.95. The molecule has 3 nitrogen and oxygen atoms in total. The summed E-state index contributed by atoms with van der Waals surface area (Å²) in [6.45, 7) is 3.73.